The monoisotopic (exact) mass is 761 g/mol. The number of rotatable bonds is 5. The van der Waals surface area contributed by atoms with Gasteiger partial charge in [-0.25, -0.2) is 21.2 Å². The first-order valence-electron chi connectivity index (χ1n) is 12.8. The number of aryl methyl sites for hydroxylation is 1. The minimum absolute atomic E-state index is 0.0116. The van der Waals surface area contributed by atoms with Crippen molar-refractivity contribution in [2.75, 3.05) is 17.7 Å². The number of alkyl halides is 7. The van der Waals surface area contributed by atoms with Gasteiger partial charge in [0.25, 0.3) is 0 Å². The lowest BCUT2D eigenvalue weighted by molar-refractivity contribution is -0.348. The van der Waals surface area contributed by atoms with Crippen LogP contribution in [0.25, 0.3) is 0 Å². The SMILES string of the molecule is CS(=O)(=O)c1cccc(N2CC[C@@]3(S(=O)(=O)c4ccc(I)cc4)c4ccc(C(F)(C(F)(F)F)C(F)(F)F)cc4CC[C@@H]23)c1. The fourth-order valence-corrected chi connectivity index (χ4v) is 9.64. The largest absolute Gasteiger partial charge is 0.435 e. The smallest absolute Gasteiger partial charge is 0.366 e. The average Bonchev–Trinajstić information content (AvgIpc) is 3.33. The van der Waals surface area contributed by atoms with Crippen molar-refractivity contribution in [2.45, 2.75) is 57.9 Å². The molecule has 0 unspecified atom stereocenters. The summed E-state index contributed by atoms with van der Waals surface area (Å²) in [6, 6.07) is 12.6. The first-order chi connectivity index (χ1) is 19.7. The molecule has 2 aliphatic rings. The summed E-state index contributed by atoms with van der Waals surface area (Å²) in [5.74, 6) is 0. The van der Waals surface area contributed by atoms with Crippen LogP contribution in [0.4, 0.5) is 36.4 Å². The van der Waals surface area contributed by atoms with E-state index in [1.807, 2.05) is 22.6 Å². The van der Waals surface area contributed by atoms with Crippen LogP contribution in [0.1, 0.15) is 29.5 Å². The molecule has 1 aliphatic heterocycles. The summed E-state index contributed by atoms with van der Waals surface area (Å²) < 4.78 is 149. The van der Waals surface area contributed by atoms with Crippen molar-refractivity contribution >= 4 is 48.0 Å². The van der Waals surface area contributed by atoms with E-state index >= 15 is 0 Å². The van der Waals surface area contributed by atoms with Crippen molar-refractivity contribution in [2.24, 2.45) is 0 Å². The molecule has 0 bridgehead atoms. The Hall–Kier alpha value is -2.40. The van der Waals surface area contributed by atoms with Crippen molar-refractivity contribution in [3.05, 3.63) is 87.0 Å². The van der Waals surface area contributed by atoms with Crippen molar-refractivity contribution in [1.82, 2.24) is 0 Å². The molecular formula is C28H23F7INO4S2. The van der Waals surface area contributed by atoms with E-state index in [-0.39, 0.29) is 46.7 Å². The van der Waals surface area contributed by atoms with Crippen LogP contribution in [-0.4, -0.2) is 48.0 Å². The van der Waals surface area contributed by atoms with Crippen LogP contribution < -0.4 is 4.90 Å². The molecule has 43 heavy (non-hydrogen) atoms. The molecule has 1 saturated heterocycles. The van der Waals surface area contributed by atoms with Gasteiger partial charge in [0.1, 0.15) is 4.75 Å². The summed E-state index contributed by atoms with van der Waals surface area (Å²) in [4.78, 5) is 1.59. The molecule has 0 saturated carbocycles. The summed E-state index contributed by atoms with van der Waals surface area (Å²) in [7, 11) is -8.01. The van der Waals surface area contributed by atoms with Gasteiger partial charge in [0.15, 0.2) is 19.7 Å². The number of hydrogen-bond acceptors (Lipinski definition) is 5. The fourth-order valence-electron chi connectivity index (χ4n) is 6.26. The molecule has 0 radical (unpaired) electrons. The summed E-state index contributed by atoms with van der Waals surface area (Å²) in [6.45, 7) is 0.0841. The molecule has 0 aromatic heterocycles. The second-order valence-electron chi connectivity index (χ2n) is 10.6. The Morgan fingerprint density at radius 1 is 0.837 bits per heavy atom. The lowest BCUT2D eigenvalue weighted by Crippen LogP contribution is -2.52. The normalized spacial score (nSPS) is 21.4. The highest BCUT2D eigenvalue weighted by Gasteiger charge is 2.73. The van der Waals surface area contributed by atoms with Crippen LogP contribution in [0, 0.1) is 3.57 Å². The van der Waals surface area contributed by atoms with Gasteiger partial charge < -0.3 is 4.90 Å². The molecule has 0 N–H and O–H groups in total. The maximum absolute atomic E-state index is 15.0. The Labute approximate surface area is 257 Å². The van der Waals surface area contributed by atoms with Gasteiger partial charge in [-0.15, -0.1) is 0 Å². The molecule has 3 aromatic carbocycles. The second kappa shape index (κ2) is 10.3. The Bertz CT molecular complexity index is 1780. The Kier molecular flexibility index (Phi) is 7.68. The lowest BCUT2D eigenvalue weighted by Gasteiger charge is -2.43. The molecule has 0 spiro atoms. The number of halogens is 8. The van der Waals surface area contributed by atoms with Crippen LogP contribution >= 0.6 is 22.6 Å². The molecule has 15 heteroatoms. The van der Waals surface area contributed by atoms with Gasteiger partial charge in [-0.1, -0.05) is 24.3 Å². The van der Waals surface area contributed by atoms with Gasteiger partial charge in [-0.05, 0) is 95.4 Å². The zero-order valence-corrected chi connectivity index (χ0v) is 26.0. The minimum Gasteiger partial charge on any atom is -0.366 e. The van der Waals surface area contributed by atoms with E-state index in [1.54, 1.807) is 23.1 Å². The zero-order chi connectivity index (χ0) is 31.8. The van der Waals surface area contributed by atoms with E-state index in [2.05, 4.69) is 0 Å². The summed E-state index contributed by atoms with van der Waals surface area (Å²) in [5, 5.41) is 0. The molecule has 5 rings (SSSR count). The minimum atomic E-state index is -6.32. The van der Waals surface area contributed by atoms with E-state index in [9.17, 15) is 47.6 Å². The first-order valence-corrected chi connectivity index (χ1v) is 17.2. The van der Waals surface area contributed by atoms with E-state index in [0.29, 0.717) is 17.8 Å². The number of anilines is 1. The van der Waals surface area contributed by atoms with Crippen molar-refractivity contribution < 1.29 is 47.6 Å². The van der Waals surface area contributed by atoms with Crippen molar-refractivity contribution in [3.8, 4) is 0 Å². The van der Waals surface area contributed by atoms with Crippen LogP contribution in [0.15, 0.2) is 76.5 Å². The Morgan fingerprint density at radius 3 is 2.05 bits per heavy atom. The summed E-state index contributed by atoms with van der Waals surface area (Å²) >= 11 is 1.98. The molecule has 3 aromatic rings. The molecule has 2 atom stereocenters. The van der Waals surface area contributed by atoms with Crippen LogP contribution in [0.5, 0.6) is 0 Å². The maximum atomic E-state index is 15.0. The van der Waals surface area contributed by atoms with Crippen molar-refractivity contribution in [3.63, 3.8) is 0 Å². The average molecular weight is 762 g/mol. The number of hydrogen-bond donors (Lipinski definition) is 0. The topological polar surface area (TPSA) is 71.5 Å². The van der Waals surface area contributed by atoms with E-state index in [0.717, 1.165) is 15.9 Å². The number of fused-ring (bicyclic) bond motifs is 3. The molecular weight excluding hydrogens is 738 g/mol. The standard InChI is InChI=1S/C28H23F7INO4S2/c1-42(38,39)22-4-2-3-20(16-22)37-14-13-25(43(40,41)21-9-7-19(36)8-10-21)23-11-6-18(15-17(23)5-12-24(25)37)26(29,27(30,31)32)28(33,34)35/h2-4,6-11,15-16,24H,5,12-14H2,1H3/t24-,25-/m1/s1. The van der Waals surface area contributed by atoms with Crippen molar-refractivity contribution in [1.29, 1.82) is 0 Å². The highest BCUT2D eigenvalue weighted by atomic mass is 127. The van der Waals surface area contributed by atoms with E-state index in [1.165, 1.54) is 30.3 Å². The first kappa shape index (κ1) is 32.0. The quantitative estimate of drug-likeness (QED) is 0.210. The third-order valence-corrected chi connectivity index (χ3v) is 12.6. The third-order valence-electron chi connectivity index (χ3n) is 8.25. The van der Waals surface area contributed by atoms with E-state index in [4.69, 9.17) is 0 Å². The maximum Gasteiger partial charge on any atom is 0.435 e. The number of nitrogens with zero attached hydrogens (tertiary/aromatic N) is 1. The predicted octanol–water partition coefficient (Wildman–Crippen LogP) is 6.88. The summed E-state index contributed by atoms with van der Waals surface area (Å²) in [5.41, 5.74) is -7.10. The van der Waals surface area contributed by atoms with Crippen LogP contribution in [0.3, 0.4) is 0 Å². The molecule has 0 amide bonds. The van der Waals surface area contributed by atoms with Gasteiger partial charge in [0.2, 0.25) is 0 Å². The molecule has 1 fully saturated rings. The Morgan fingerprint density at radius 2 is 1.47 bits per heavy atom. The second-order valence-corrected chi connectivity index (χ2v) is 16.1. The molecule has 1 aliphatic carbocycles. The fraction of sp³-hybridized carbons (Fsp3) is 0.357. The highest BCUT2D eigenvalue weighted by Crippen LogP contribution is 2.57. The number of benzene rings is 3. The molecule has 5 nitrogen and oxygen atoms in total. The van der Waals surface area contributed by atoms with E-state index < -0.39 is 54.0 Å². The van der Waals surface area contributed by atoms with Crippen LogP contribution in [0.2, 0.25) is 0 Å². The van der Waals surface area contributed by atoms with Gasteiger partial charge in [0, 0.05) is 27.6 Å². The molecule has 232 valence electrons. The van der Waals surface area contributed by atoms with Gasteiger partial charge in [0.05, 0.1) is 15.8 Å². The summed E-state index contributed by atoms with van der Waals surface area (Å²) in [6.07, 6.45) is -11.9. The van der Waals surface area contributed by atoms with Crippen LogP contribution in [-0.2, 0) is 36.5 Å². The number of sulfone groups is 2. The van der Waals surface area contributed by atoms with Gasteiger partial charge >= 0.3 is 18.0 Å². The van der Waals surface area contributed by atoms with Gasteiger partial charge in [-0.3, -0.25) is 0 Å². The predicted molar refractivity (Wildman–Crippen MR) is 153 cm³/mol. The third kappa shape index (κ3) is 4.93. The Balaban J connectivity index is 1.73. The highest BCUT2D eigenvalue weighted by molar-refractivity contribution is 14.1. The van der Waals surface area contributed by atoms with Gasteiger partial charge in [-0.2, -0.15) is 26.3 Å². The molecule has 1 heterocycles. The lowest BCUT2D eigenvalue weighted by atomic mass is 9.76. The zero-order valence-electron chi connectivity index (χ0n) is 22.2.